The third-order valence-corrected chi connectivity index (χ3v) is 2.34. The minimum atomic E-state index is 1.10. The van der Waals surface area contributed by atoms with Crippen molar-refractivity contribution in [3.05, 3.63) is 23.8 Å². The van der Waals surface area contributed by atoms with Gasteiger partial charge in [0.1, 0.15) is 6.54 Å². The van der Waals surface area contributed by atoms with Gasteiger partial charge in [-0.3, -0.25) is 0 Å². The van der Waals surface area contributed by atoms with Gasteiger partial charge >= 0.3 is 0 Å². The second-order valence-corrected chi connectivity index (χ2v) is 3.87. The summed E-state index contributed by atoms with van der Waals surface area (Å²) in [6.45, 7) is 4.64. The summed E-state index contributed by atoms with van der Waals surface area (Å²) in [7, 11) is 4.55. The molecule has 62 valence electrons. The predicted octanol–water partition coefficient (Wildman–Crippen LogP) is 1.97. The van der Waals surface area contributed by atoms with Crippen LogP contribution in [0.15, 0.2) is 23.8 Å². The van der Waals surface area contributed by atoms with Crippen molar-refractivity contribution in [2.45, 2.75) is 13.3 Å². The van der Waals surface area contributed by atoms with E-state index in [4.69, 9.17) is 0 Å². The van der Waals surface area contributed by atoms with Gasteiger partial charge in [-0.05, 0) is 18.9 Å². The van der Waals surface area contributed by atoms with Crippen molar-refractivity contribution in [2.75, 3.05) is 27.2 Å². The maximum atomic E-state index is 2.28. The van der Waals surface area contributed by atoms with Gasteiger partial charge in [0.2, 0.25) is 0 Å². The van der Waals surface area contributed by atoms with E-state index < -0.39 is 0 Å². The molecule has 0 fully saturated rings. The molecule has 0 saturated heterocycles. The Kier molecular flexibility index (Phi) is 2.50. The molecule has 0 spiro atoms. The first kappa shape index (κ1) is 8.54. The summed E-state index contributed by atoms with van der Waals surface area (Å²) in [5.41, 5.74) is 1.57. The number of quaternary nitrogens is 1. The van der Waals surface area contributed by atoms with Crippen molar-refractivity contribution in [3.63, 3.8) is 0 Å². The van der Waals surface area contributed by atoms with Crippen LogP contribution in [0.1, 0.15) is 13.3 Å². The van der Waals surface area contributed by atoms with Crippen molar-refractivity contribution < 1.29 is 4.48 Å². The maximum absolute atomic E-state index is 2.28. The van der Waals surface area contributed by atoms with Gasteiger partial charge in [0, 0.05) is 0 Å². The molecule has 0 heterocycles. The number of likely N-dealkylation sites (N-methyl/N-ethyl adjacent to an activating group) is 1. The van der Waals surface area contributed by atoms with Crippen LogP contribution in [0.25, 0.3) is 0 Å². The number of rotatable bonds is 3. The highest BCUT2D eigenvalue weighted by atomic mass is 15.3. The number of hydrogen-bond donors (Lipinski definition) is 0. The lowest BCUT2D eigenvalue weighted by Crippen LogP contribution is -2.40. The Morgan fingerprint density at radius 1 is 1.45 bits per heavy atom. The number of hydrogen-bond acceptors (Lipinski definition) is 0. The van der Waals surface area contributed by atoms with Gasteiger partial charge in [0.15, 0.2) is 0 Å². The third-order valence-electron chi connectivity index (χ3n) is 2.34. The quantitative estimate of drug-likeness (QED) is 0.542. The van der Waals surface area contributed by atoms with Crippen LogP contribution in [-0.4, -0.2) is 31.7 Å². The molecule has 0 amide bonds. The molecule has 0 aliphatic heterocycles. The van der Waals surface area contributed by atoms with E-state index in [0.717, 1.165) is 4.48 Å². The van der Waals surface area contributed by atoms with Crippen LogP contribution < -0.4 is 0 Å². The Hall–Kier alpha value is -0.560. The molecule has 1 aliphatic carbocycles. The van der Waals surface area contributed by atoms with Gasteiger partial charge in [-0.15, -0.1) is 0 Å². The number of allylic oxidation sites excluding steroid dienone is 3. The molecule has 1 aliphatic rings. The van der Waals surface area contributed by atoms with E-state index in [1.165, 1.54) is 19.5 Å². The van der Waals surface area contributed by atoms with E-state index in [1.807, 2.05) is 0 Å². The van der Waals surface area contributed by atoms with Crippen LogP contribution in [0.4, 0.5) is 0 Å². The Bertz CT molecular complexity index is 187. The third kappa shape index (κ3) is 2.51. The topological polar surface area (TPSA) is 0 Å². The van der Waals surface area contributed by atoms with E-state index in [9.17, 15) is 0 Å². The zero-order valence-corrected chi connectivity index (χ0v) is 7.80. The maximum Gasteiger partial charge on any atom is 0.100 e. The average molecular weight is 152 g/mol. The normalized spacial score (nSPS) is 17.2. The van der Waals surface area contributed by atoms with Crippen LogP contribution in [0.2, 0.25) is 0 Å². The second-order valence-electron chi connectivity index (χ2n) is 3.87. The molecule has 1 heteroatoms. The lowest BCUT2D eigenvalue weighted by molar-refractivity contribution is -0.883. The molecule has 0 aromatic carbocycles. The van der Waals surface area contributed by atoms with Gasteiger partial charge in [-0.25, -0.2) is 0 Å². The van der Waals surface area contributed by atoms with Gasteiger partial charge < -0.3 is 4.48 Å². The minimum absolute atomic E-state index is 1.10. The standard InChI is InChI=1S/C10H18N/c1-4-11(2,3)9-10-7-5-6-8-10/h5-7H,4,8-9H2,1-3H3/q+1. The SMILES string of the molecule is CC[N+](C)(C)CC1=CC=CC1. The summed E-state index contributed by atoms with van der Waals surface area (Å²) in [6.07, 6.45) is 7.80. The van der Waals surface area contributed by atoms with Gasteiger partial charge in [0.05, 0.1) is 20.6 Å². The molecule has 0 saturated carbocycles. The molecule has 0 aromatic rings. The first-order valence-electron chi connectivity index (χ1n) is 4.30. The summed E-state index contributed by atoms with van der Waals surface area (Å²) < 4.78 is 1.10. The largest absolute Gasteiger partial charge is 0.325 e. The summed E-state index contributed by atoms with van der Waals surface area (Å²) in [5, 5.41) is 0. The van der Waals surface area contributed by atoms with E-state index in [-0.39, 0.29) is 0 Å². The molecular formula is C10H18N+. The molecular weight excluding hydrogens is 134 g/mol. The Balaban J connectivity index is 2.42. The molecule has 1 nitrogen and oxygen atoms in total. The first-order chi connectivity index (χ1) is 5.14. The zero-order chi connectivity index (χ0) is 8.32. The van der Waals surface area contributed by atoms with Crippen molar-refractivity contribution in [3.8, 4) is 0 Å². The highest BCUT2D eigenvalue weighted by Crippen LogP contribution is 2.13. The number of nitrogens with zero attached hydrogens (tertiary/aromatic N) is 1. The van der Waals surface area contributed by atoms with Crippen molar-refractivity contribution >= 4 is 0 Å². The fourth-order valence-electron chi connectivity index (χ4n) is 1.27. The summed E-state index contributed by atoms with van der Waals surface area (Å²) >= 11 is 0. The van der Waals surface area contributed by atoms with Crippen LogP contribution in [0, 0.1) is 0 Å². The highest BCUT2D eigenvalue weighted by Gasteiger charge is 2.14. The Labute approximate surface area is 69.6 Å². The monoisotopic (exact) mass is 152 g/mol. The molecule has 0 aromatic heterocycles. The zero-order valence-electron chi connectivity index (χ0n) is 7.80. The van der Waals surface area contributed by atoms with Crippen LogP contribution in [0.3, 0.4) is 0 Å². The Morgan fingerprint density at radius 3 is 2.64 bits per heavy atom. The Morgan fingerprint density at radius 2 is 2.18 bits per heavy atom. The second kappa shape index (κ2) is 3.22. The van der Waals surface area contributed by atoms with E-state index in [2.05, 4.69) is 39.2 Å². The molecule has 0 unspecified atom stereocenters. The van der Waals surface area contributed by atoms with E-state index >= 15 is 0 Å². The van der Waals surface area contributed by atoms with E-state index in [1.54, 1.807) is 5.57 Å². The summed E-state index contributed by atoms with van der Waals surface area (Å²) in [5.74, 6) is 0. The fourth-order valence-corrected chi connectivity index (χ4v) is 1.27. The molecule has 1 rings (SSSR count). The lowest BCUT2D eigenvalue weighted by atomic mass is 10.2. The summed E-state index contributed by atoms with van der Waals surface area (Å²) in [4.78, 5) is 0. The van der Waals surface area contributed by atoms with E-state index in [0.29, 0.717) is 0 Å². The highest BCUT2D eigenvalue weighted by molar-refractivity contribution is 5.23. The molecule has 0 radical (unpaired) electrons. The van der Waals surface area contributed by atoms with Gasteiger partial charge in [0.25, 0.3) is 0 Å². The van der Waals surface area contributed by atoms with Crippen LogP contribution in [-0.2, 0) is 0 Å². The predicted molar refractivity (Wildman–Crippen MR) is 49.4 cm³/mol. The molecule has 0 atom stereocenters. The van der Waals surface area contributed by atoms with Crippen molar-refractivity contribution in [1.29, 1.82) is 0 Å². The molecule has 11 heavy (non-hydrogen) atoms. The van der Waals surface area contributed by atoms with Gasteiger partial charge in [-0.2, -0.15) is 0 Å². The van der Waals surface area contributed by atoms with Crippen molar-refractivity contribution in [2.24, 2.45) is 0 Å². The van der Waals surface area contributed by atoms with Crippen LogP contribution in [0.5, 0.6) is 0 Å². The van der Waals surface area contributed by atoms with Crippen LogP contribution >= 0.6 is 0 Å². The fraction of sp³-hybridized carbons (Fsp3) is 0.600. The molecule has 0 bridgehead atoms. The lowest BCUT2D eigenvalue weighted by Gasteiger charge is -2.28. The minimum Gasteiger partial charge on any atom is -0.325 e. The van der Waals surface area contributed by atoms with Crippen molar-refractivity contribution in [1.82, 2.24) is 0 Å². The first-order valence-corrected chi connectivity index (χ1v) is 4.30. The van der Waals surface area contributed by atoms with Gasteiger partial charge in [-0.1, -0.05) is 18.2 Å². The summed E-state index contributed by atoms with van der Waals surface area (Å²) in [6, 6.07) is 0. The smallest absolute Gasteiger partial charge is 0.100 e. The average Bonchev–Trinajstić information content (AvgIpc) is 2.39. The molecule has 0 N–H and O–H groups in total.